The van der Waals surface area contributed by atoms with Gasteiger partial charge >= 0.3 is 0 Å². The number of aromatic nitrogens is 3. The topological polar surface area (TPSA) is 80.1 Å². The van der Waals surface area contributed by atoms with Gasteiger partial charge in [-0.25, -0.2) is 9.67 Å². The molecule has 0 saturated heterocycles. The van der Waals surface area contributed by atoms with Gasteiger partial charge in [0, 0.05) is 24.3 Å². The van der Waals surface area contributed by atoms with E-state index in [0.717, 1.165) is 40.8 Å². The van der Waals surface area contributed by atoms with Crippen molar-refractivity contribution in [1.82, 2.24) is 19.7 Å². The minimum Gasteiger partial charge on any atom is -0.332 e. The molecule has 168 valence electrons. The normalized spacial score (nSPS) is 13.9. The van der Waals surface area contributed by atoms with Gasteiger partial charge in [-0.2, -0.15) is 5.10 Å². The fraction of sp³-hybridized carbons (Fsp3) is 0.440. The number of rotatable bonds is 5. The molecule has 0 radical (unpaired) electrons. The molecule has 2 amide bonds. The maximum Gasteiger partial charge on any atom is 0.254 e. The van der Waals surface area contributed by atoms with Crippen LogP contribution in [-0.2, 0) is 10.3 Å². The Balaban J connectivity index is 1.64. The number of fused-ring (bicyclic) bond motifs is 1. The fourth-order valence-electron chi connectivity index (χ4n) is 3.86. The van der Waals surface area contributed by atoms with Gasteiger partial charge in [-0.1, -0.05) is 17.7 Å². The van der Waals surface area contributed by atoms with Crippen LogP contribution in [0.5, 0.6) is 0 Å². The quantitative estimate of drug-likeness (QED) is 0.647. The van der Waals surface area contributed by atoms with E-state index in [1.54, 1.807) is 7.05 Å². The van der Waals surface area contributed by atoms with Crippen molar-refractivity contribution >= 4 is 28.5 Å². The molecule has 2 aromatic heterocycles. The Morgan fingerprint density at radius 2 is 1.81 bits per heavy atom. The third-order valence-electron chi connectivity index (χ3n) is 5.76. The van der Waals surface area contributed by atoms with Crippen LogP contribution in [0.25, 0.3) is 11.0 Å². The number of likely N-dealkylation sites (N-methyl/N-ethyl adjacent to an activating group) is 1. The van der Waals surface area contributed by atoms with Crippen LogP contribution >= 0.6 is 0 Å². The van der Waals surface area contributed by atoms with Crippen LogP contribution in [0.15, 0.2) is 30.3 Å². The van der Waals surface area contributed by atoms with Gasteiger partial charge in [-0.15, -0.1) is 0 Å². The Hall–Kier alpha value is -3.22. The second-order valence-corrected chi connectivity index (χ2v) is 9.81. The molecule has 1 aliphatic carbocycles. The molecule has 1 aromatic carbocycles. The maximum absolute atomic E-state index is 13.5. The highest BCUT2D eigenvalue weighted by molar-refractivity contribution is 6.08. The lowest BCUT2D eigenvalue weighted by molar-refractivity contribution is -0.116. The summed E-state index contributed by atoms with van der Waals surface area (Å²) in [6, 6.07) is 9.49. The van der Waals surface area contributed by atoms with Crippen molar-refractivity contribution in [2.24, 2.45) is 0 Å². The van der Waals surface area contributed by atoms with Gasteiger partial charge in [0.1, 0.15) is 0 Å². The number of carbonyl (C=O) groups excluding carboxylic acids is 2. The van der Waals surface area contributed by atoms with Crippen LogP contribution < -0.4 is 5.32 Å². The van der Waals surface area contributed by atoms with Gasteiger partial charge in [0.05, 0.1) is 28.7 Å². The first-order chi connectivity index (χ1) is 15.0. The molecule has 0 bridgehead atoms. The summed E-state index contributed by atoms with van der Waals surface area (Å²) in [5.74, 6) is -0.0424. The molecule has 1 saturated carbocycles. The number of carbonyl (C=O) groups is 2. The highest BCUT2D eigenvalue weighted by Crippen LogP contribution is 2.41. The Labute approximate surface area is 188 Å². The lowest BCUT2D eigenvalue weighted by atomic mass is 10.1. The van der Waals surface area contributed by atoms with Crippen LogP contribution in [0.1, 0.15) is 66.8 Å². The van der Waals surface area contributed by atoms with Crippen molar-refractivity contribution in [3.05, 3.63) is 52.8 Å². The highest BCUT2D eigenvalue weighted by atomic mass is 16.2. The third-order valence-corrected chi connectivity index (χ3v) is 5.76. The van der Waals surface area contributed by atoms with Crippen LogP contribution in [0.3, 0.4) is 0 Å². The highest BCUT2D eigenvalue weighted by Gasteiger charge is 2.31. The molecular formula is C25H31N5O2. The van der Waals surface area contributed by atoms with Crippen molar-refractivity contribution in [1.29, 1.82) is 0 Å². The zero-order chi connectivity index (χ0) is 23.2. The average molecular weight is 434 g/mol. The van der Waals surface area contributed by atoms with E-state index in [4.69, 9.17) is 10.1 Å². The first-order valence-electron chi connectivity index (χ1n) is 11.1. The summed E-state index contributed by atoms with van der Waals surface area (Å²) in [5.41, 5.74) is 4.58. The van der Waals surface area contributed by atoms with Crippen LogP contribution in [-0.4, -0.2) is 45.1 Å². The Bertz CT molecular complexity index is 1180. The van der Waals surface area contributed by atoms with Gasteiger partial charge in [0.25, 0.3) is 5.91 Å². The minimum absolute atomic E-state index is 0.0399. The second-order valence-electron chi connectivity index (χ2n) is 9.81. The number of anilines is 1. The molecule has 0 spiro atoms. The number of hydrogen-bond acceptors (Lipinski definition) is 4. The molecule has 7 heteroatoms. The number of aryl methyl sites for hydroxylation is 2. The number of nitrogens with zero attached hydrogens (tertiary/aromatic N) is 4. The standard InChI is InChI=1S/C25H31N5O2/c1-15-7-11-18(12-8-15)26-21(31)14-29(6)24(32)19-13-20(17-9-10-17)27-23-22(19)16(2)28-30(23)25(3,4)5/h7-8,11-13,17H,9-10,14H2,1-6H3,(H,26,31). The summed E-state index contributed by atoms with van der Waals surface area (Å²) in [6.07, 6.45) is 2.17. The van der Waals surface area contributed by atoms with E-state index < -0.39 is 0 Å². The van der Waals surface area contributed by atoms with Crippen LogP contribution in [0, 0.1) is 13.8 Å². The van der Waals surface area contributed by atoms with E-state index in [0.29, 0.717) is 17.2 Å². The van der Waals surface area contributed by atoms with Crippen molar-refractivity contribution in [2.75, 3.05) is 18.9 Å². The van der Waals surface area contributed by atoms with Crippen molar-refractivity contribution in [2.45, 2.75) is 58.9 Å². The molecule has 1 N–H and O–H groups in total. The van der Waals surface area contributed by atoms with E-state index in [1.807, 2.05) is 48.9 Å². The van der Waals surface area contributed by atoms with E-state index in [2.05, 4.69) is 26.1 Å². The first-order valence-corrected chi connectivity index (χ1v) is 11.1. The summed E-state index contributed by atoms with van der Waals surface area (Å²) in [4.78, 5) is 32.4. The lowest BCUT2D eigenvalue weighted by Crippen LogP contribution is -2.35. The Kier molecular flexibility index (Phi) is 5.53. The number of pyridine rings is 1. The maximum atomic E-state index is 13.5. The fourth-order valence-corrected chi connectivity index (χ4v) is 3.86. The SMILES string of the molecule is Cc1ccc(NC(=O)CN(C)C(=O)c2cc(C3CC3)nc3c2c(C)nn3C(C)(C)C)cc1. The molecule has 32 heavy (non-hydrogen) atoms. The van der Waals surface area contributed by atoms with Crippen LogP contribution in [0.2, 0.25) is 0 Å². The van der Waals surface area contributed by atoms with E-state index in [-0.39, 0.29) is 23.9 Å². The Morgan fingerprint density at radius 3 is 2.41 bits per heavy atom. The summed E-state index contributed by atoms with van der Waals surface area (Å²) >= 11 is 0. The molecule has 0 aliphatic heterocycles. The number of benzene rings is 1. The average Bonchev–Trinajstić information content (AvgIpc) is 3.51. The van der Waals surface area contributed by atoms with E-state index in [1.165, 1.54) is 4.90 Å². The Morgan fingerprint density at radius 1 is 1.16 bits per heavy atom. The molecule has 3 aromatic rings. The molecule has 2 heterocycles. The number of nitrogens with one attached hydrogen (secondary N) is 1. The molecule has 4 rings (SSSR count). The molecule has 0 atom stereocenters. The molecule has 7 nitrogen and oxygen atoms in total. The van der Waals surface area contributed by atoms with Gasteiger partial charge in [0.2, 0.25) is 5.91 Å². The third kappa shape index (κ3) is 4.38. The number of amides is 2. The van der Waals surface area contributed by atoms with Crippen molar-refractivity contribution in [3.8, 4) is 0 Å². The van der Waals surface area contributed by atoms with E-state index >= 15 is 0 Å². The monoisotopic (exact) mass is 433 g/mol. The van der Waals surface area contributed by atoms with Crippen molar-refractivity contribution < 1.29 is 9.59 Å². The number of hydrogen-bond donors (Lipinski definition) is 1. The van der Waals surface area contributed by atoms with Gasteiger partial charge in [-0.3, -0.25) is 9.59 Å². The summed E-state index contributed by atoms with van der Waals surface area (Å²) in [6.45, 7) is 10.1. The predicted octanol–water partition coefficient (Wildman–Crippen LogP) is 4.39. The van der Waals surface area contributed by atoms with Crippen LogP contribution in [0.4, 0.5) is 5.69 Å². The van der Waals surface area contributed by atoms with E-state index in [9.17, 15) is 9.59 Å². The molecule has 1 fully saturated rings. The van der Waals surface area contributed by atoms with Crippen molar-refractivity contribution in [3.63, 3.8) is 0 Å². The second kappa shape index (κ2) is 8.04. The van der Waals surface area contributed by atoms with Gasteiger partial charge in [-0.05, 0) is 65.7 Å². The van der Waals surface area contributed by atoms with Gasteiger partial charge < -0.3 is 10.2 Å². The summed E-state index contributed by atoms with van der Waals surface area (Å²) in [7, 11) is 1.66. The molecular weight excluding hydrogens is 402 g/mol. The largest absolute Gasteiger partial charge is 0.332 e. The lowest BCUT2D eigenvalue weighted by Gasteiger charge is -2.21. The first kappa shape index (κ1) is 22.0. The molecule has 0 unspecified atom stereocenters. The summed E-state index contributed by atoms with van der Waals surface area (Å²) < 4.78 is 1.91. The smallest absolute Gasteiger partial charge is 0.254 e. The predicted molar refractivity (Wildman–Crippen MR) is 126 cm³/mol. The zero-order valence-corrected chi connectivity index (χ0v) is 19.7. The zero-order valence-electron chi connectivity index (χ0n) is 19.7. The molecule has 1 aliphatic rings. The minimum atomic E-state index is -0.262. The van der Waals surface area contributed by atoms with Gasteiger partial charge in [0.15, 0.2) is 5.65 Å². The summed E-state index contributed by atoms with van der Waals surface area (Å²) in [5, 5.41) is 8.33.